The molecule has 0 atom stereocenters. The summed E-state index contributed by atoms with van der Waals surface area (Å²) in [7, 11) is 1.50. The summed E-state index contributed by atoms with van der Waals surface area (Å²) >= 11 is 0. The number of amides is 1. The third kappa shape index (κ3) is 3.76. The Morgan fingerprint density at radius 1 is 1.22 bits per heavy atom. The van der Waals surface area contributed by atoms with E-state index in [2.05, 4.69) is 10.4 Å². The molecule has 0 bridgehead atoms. The van der Waals surface area contributed by atoms with Gasteiger partial charge in [0.15, 0.2) is 0 Å². The van der Waals surface area contributed by atoms with Crippen molar-refractivity contribution < 1.29 is 14.8 Å². The van der Waals surface area contributed by atoms with Crippen LogP contribution >= 0.6 is 0 Å². The van der Waals surface area contributed by atoms with Crippen LogP contribution in [0, 0.1) is 10.1 Å². The molecule has 0 unspecified atom stereocenters. The topological polar surface area (TPSA) is 130 Å². The highest BCUT2D eigenvalue weighted by atomic mass is 16.6. The number of nitro groups is 1. The van der Waals surface area contributed by atoms with Crippen LogP contribution in [0.1, 0.15) is 11.3 Å². The van der Waals surface area contributed by atoms with Gasteiger partial charge in [-0.3, -0.25) is 19.7 Å². The van der Waals surface area contributed by atoms with Gasteiger partial charge in [-0.1, -0.05) is 24.3 Å². The number of non-ortho nitro benzene ring substituents is 1. The summed E-state index contributed by atoms with van der Waals surface area (Å²) in [6.07, 6.45) is -0.0995. The van der Waals surface area contributed by atoms with Crippen molar-refractivity contribution in [2.75, 3.05) is 0 Å². The highest BCUT2D eigenvalue weighted by Crippen LogP contribution is 2.20. The average molecular weight is 367 g/mol. The van der Waals surface area contributed by atoms with E-state index in [1.54, 1.807) is 24.3 Å². The first kappa shape index (κ1) is 18.1. The minimum Gasteiger partial charge on any atom is -0.872 e. The molecule has 0 radical (unpaired) electrons. The normalized spacial score (nSPS) is 10.7. The maximum atomic E-state index is 12.3. The van der Waals surface area contributed by atoms with Gasteiger partial charge in [-0.05, 0) is 11.6 Å². The molecule has 0 fully saturated rings. The van der Waals surface area contributed by atoms with Crippen LogP contribution in [0.5, 0.6) is 5.75 Å². The summed E-state index contributed by atoms with van der Waals surface area (Å²) in [5.74, 6) is -0.816. The second kappa shape index (κ2) is 7.24. The largest absolute Gasteiger partial charge is 0.872 e. The minimum atomic E-state index is -0.606. The number of nitrogens with one attached hydrogen (secondary N) is 1. The first-order valence-electron chi connectivity index (χ1n) is 8.03. The molecule has 1 amide bonds. The molecule has 0 spiro atoms. The van der Waals surface area contributed by atoms with Crippen molar-refractivity contribution in [2.45, 2.75) is 13.0 Å². The molecule has 9 heteroatoms. The number of carbonyl (C=O) groups is 1. The number of carbonyl (C=O) groups excluding carboxylic acids is 1. The Morgan fingerprint density at radius 3 is 2.63 bits per heavy atom. The number of aryl methyl sites for hydroxylation is 1. The zero-order chi connectivity index (χ0) is 19.6. The Morgan fingerprint density at radius 2 is 1.93 bits per heavy atom. The summed E-state index contributed by atoms with van der Waals surface area (Å²) in [6, 6.07) is 10.2. The van der Waals surface area contributed by atoms with Crippen LogP contribution in [0.2, 0.25) is 0 Å². The lowest BCUT2D eigenvalue weighted by molar-refractivity contribution is -0.385. The molecular weight excluding hydrogens is 352 g/mol. The molecule has 1 aromatic heterocycles. The number of hydrogen-bond acceptors (Lipinski definition) is 6. The number of aromatic nitrogens is 2. The van der Waals surface area contributed by atoms with Crippen molar-refractivity contribution in [1.82, 2.24) is 15.1 Å². The van der Waals surface area contributed by atoms with Crippen molar-refractivity contribution in [2.24, 2.45) is 7.05 Å². The lowest BCUT2D eigenvalue weighted by atomic mass is 10.1. The van der Waals surface area contributed by atoms with Crippen LogP contribution in [0.3, 0.4) is 0 Å². The van der Waals surface area contributed by atoms with E-state index in [9.17, 15) is 24.8 Å². The zero-order valence-electron chi connectivity index (χ0n) is 14.3. The van der Waals surface area contributed by atoms with Crippen molar-refractivity contribution in [3.63, 3.8) is 0 Å². The molecule has 138 valence electrons. The van der Waals surface area contributed by atoms with E-state index >= 15 is 0 Å². The first-order chi connectivity index (χ1) is 12.9. The van der Waals surface area contributed by atoms with Crippen molar-refractivity contribution in [1.29, 1.82) is 0 Å². The highest BCUT2D eigenvalue weighted by molar-refractivity contribution is 5.88. The van der Waals surface area contributed by atoms with Gasteiger partial charge < -0.3 is 10.4 Å². The predicted octanol–water partition coefficient (Wildman–Crippen LogP) is 0.774. The summed E-state index contributed by atoms with van der Waals surface area (Å²) in [6.45, 7) is -0.136. The monoisotopic (exact) mass is 367 g/mol. The fourth-order valence-electron chi connectivity index (χ4n) is 2.73. The van der Waals surface area contributed by atoms with Gasteiger partial charge in [-0.2, -0.15) is 5.10 Å². The number of fused-ring (bicyclic) bond motifs is 1. The standard InChI is InChI=1S/C18H16N4O5/c1-21-18(25)14-5-3-2-4-13(14)15(20-21)9-17(24)19-10-11-8-12(22(26)27)6-7-16(11)23/h2-8,23H,9-10H2,1H3,(H,19,24)/p-1. The molecular formula is C18H15N4O5-. The van der Waals surface area contributed by atoms with Gasteiger partial charge in [0.05, 0.1) is 22.4 Å². The zero-order valence-corrected chi connectivity index (χ0v) is 14.3. The van der Waals surface area contributed by atoms with E-state index in [0.29, 0.717) is 16.5 Å². The molecule has 9 nitrogen and oxygen atoms in total. The van der Waals surface area contributed by atoms with Crippen LogP contribution < -0.4 is 16.0 Å². The fraction of sp³-hybridized carbons (Fsp3) is 0.167. The number of nitrogens with zero attached hydrogens (tertiary/aromatic N) is 3. The summed E-state index contributed by atoms with van der Waals surface area (Å²) in [5, 5.41) is 30.3. The van der Waals surface area contributed by atoms with Crippen LogP contribution in [-0.4, -0.2) is 20.6 Å². The second-order valence-corrected chi connectivity index (χ2v) is 5.92. The first-order valence-corrected chi connectivity index (χ1v) is 8.03. The molecule has 0 aliphatic heterocycles. The van der Waals surface area contributed by atoms with Gasteiger partial charge in [-0.25, -0.2) is 4.68 Å². The lowest BCUT2D eigenvalue weighted by Crippen LogP contribution is -2.28. The number of hydrogen-bond donors (Lipinski definition) is 1. The molecule has 0 aliphatic carbocycles. The maximum absolute atomic E-state index is 12.3. The highest BCUT2D eigenvalue weighted by Gasteiger charge is 2.13. The molecule has 0 saturated heterocycles. The molecule has 27 heavy (non-hydrogen) atoms. The summed E-state index contributed by atoms with van der Waals surface area (Å²) in [4.78, 5) is 34.6. The Kier molecular flexibility index (Phi) is 4.84. The van der Waals surface area contributed by atoms with Crippen molar-refractivity contribution in [3.05, 3.63) is 74.2 Å². The summed E-state index contributed by atoms with van der Waals surface area (Å²) < 4.78 is 1.17. The van der Waals surface area contributed by atoms with E-state index < -0.39 is 16.6 Å². The van der Waals surface area contributed by atoms with Crippen LogP contribution in [0.15, 0.2) is 47.3 Å². The fourth-order valence-corrected chi connectivity index (χ4v) is 2.73. The van der Waals surface area contributed by atoms with Crippen molar-refractivity contribution in [3.8, 4) is 5.75 Å². The lowest BCUT2D eigenvalue weighted by Gasteiger charge is -2.14. The Hall–Kier alpha value is -3.75. The Balaban J connectivity index is 1.79. The molecule has 3 rings (SSSR count). The van der Waals surface area contributed by atoms with Crippen molar-refractivity contribution >= 4 is 22.4 Å². The van der Waals surface area contributed by atoms with E-state index in [1.165, 1.54) is 11.7 Å². The molecule has 2 aromatic carbocycles. The molecule has 1 heterocycles. The van der Waals surface area contributed by atoms with E-state index in [4.69, 9.17) is 0 Å². The minimum absolute atomic E-state index is 0.0995. The average Bonchev–Trinajstić information content (AvgIpc) is 2.65. The molecule has 0 saturated carbocycles. The Labute approximate surface area is 153 Å². The SMILES string of the molecule is Cn1nc(CC(=O)NCc2cc([N+](=O)[O-])ccc2[O-])c2ccccc2c1=O. The molecule has 3 aromatic rings. The molecule has 1 N–H and O–H groups in total. The Bertz CT molecular complexity index is 1110. The number of nitro benzene ring substituents is 1. The number of rotatable bonds is 5. The predicted molar refractivity (Wildman–Crippen MR) is 95.1 cm³/mol. The third-order valence-corrected chi connectivity index (χ3v) is 4.09. The maximum Gasteiger partial charge on any atom is 0.274 e. The third-order valence-electron chi connectivity index (χ3n) is 4.09. The van der Waals surface area contributed by atoms with Gasteiger partial charge in [0.2, 0.25) is 5.91 Å². The van der Waals surface area contributed by atoms with Gasteiger partial charge in [-0.15, -0.1) is 5.75 Å². The smallest absolute Gasteiger partial charge is 0.274 e. The summed E-state index contributed by atoms with van der Waals surface area (Å²) in [5.41, 5.74) is 0.0642. The van der Waals surface area contributed by atoms with Crippen LogP contribution in [0.25, 0.3) is 10.8 Å². The van der Waals surface area contributed by atoms with Gasteiger partial charge >= 0.3 is 0 Å². The van der Waals surface area contributed by atoms with E-state index in [-0.39, 0.29) is 29.8 Å². The van der Waals surface area contributed by atoms with Gasteiger partial charge in [0.25, 0.3) is 11.2 Å². The quantitative estimate of drug-likeness (QED) is 0.524. The van der Waals surface area contributed by atoms with E-state index in [1.807, 2.05) is 0 Å². The number of benzene rings is 2. The van der Waals surface area contributed by atoms with Gasteiger partial charge in [0.1, 0.15) is 0 Å². The molecule has 0 aliphatic rings. The van der Waals surface area contributed by atoms with Gasteiger partial charge in [0, 0.05) is 31.1 Å². The van der Waals surface area contributed by atoms with Crippen LogP contribution in [0.4, 0.5) is 5.69 Å². The second-order valence-electron chi connectivity index (χ2n) is 5.92. The van der Waals surface area contributed by atoms with Crippen LogP contribution in [-0.2, 0) is 24.8 Å². The van der Waals surface area contributed by atoms with E-state index in [0.717, 1.165) is 18.2 Å².